The lowest BCUT2D eigenvalue weighted by molar-refractivity contribution is -0.131. The Balaban J connectivity index is 2.57. The van der Waals surface area contributed by atoms with Crippen LogP contribution in [0.1, 0.15) is 71.3 Å². The van der Waals surface area contributed by atoms with Gasteiger partial charge in [0, 0.05) is 31.5 Å². The van der Waals surface area contributed by atoms with Gasteiger partial charge in [-0.15, -0.1) is 0 Å². The molecule has 1 rings (SSSR count). The molecule has 1 aromatic rings. The Bertz CT molecular complexity index is 528. The van der Waals surface area contributed by atoms with Crippen LogP contribution >= 0.6 is 0 Å². The number of carbonyl (C=O) groups excluding carboxylic acids is 1. The van der Waals surface area contributed by atoms with E-state index in [4.69, 9.17) is 4.74 Å². The zero-order chi connectivity index (χ0) is 19.4. The van der Waals surface area contributed by atoms with Gasteiger partial charge in [0.25, 0.3) is 5.92 Å². The zero-order valence-corrected chi connectivity index (χ0v) is 16.4. The Morgan fingerprint density at radius 1 is 1.08 bits per heavy atom. The molecule has 0 bridgehead atoms. The van der Waals surface area contributed by atoms with Gasteiger partial charge < -0.3 is 9.64 Å². The van der Waals surface area contributed by atoms with Crippen molar-refractivity contribution < 1.29 is 18.3 Å². The van der Waals surface area contributed by atoms with E-state index < -0.39 is 5.92 Å². The Kier molecular flexibility index (Phi) is 10.2. The minimum atomic E-state index is -2.95. The van der Waals surface area contributed by atoms with E-state index in [9.17, 15) is 13.6 Å². The summed E-state index contributed by atoms with van der Waals surface area (Å²) in [5, 5.41) is 0. The number of halogens is 2. The van der Waals surface area contributed by atoms with Gasteiger partial charge in [-0.05, 0) is 37.8 Å². The lowest BCUT2D eigenvalue weighted by atomic mass is 10.0. The van der Waals surface area contributed by atoms with Gasteiger partial charge >= 0.3 is 0 Å². The fourth-order valence-corrected chi connectivity index (χ4v) is 2.81. The molecule has 0 atom stereocenters. The average Bonchev–Trinajstić information content (AvgIpc) is 2.62. The molecule has 5 heteroatoms. The zero-order valence-electron chi connectivity index (χ0n) is 16.4. The lowest BCUT2D eigenvalue weighted by Crippen LogP contribution is -2.32. The molecule has 1 aromatic carbocycles. The molecule has 0 spiro atoms. The number of carbonyl (C=O) groups is 1. The highest BCUT2D eigenvalue weighted by Gasteiger charge is 2.31. The molecular weight excluding hydrogens is 336 g/mol. The molecule has 0 heterocycles. The van der Waals surface area contributed by atoms with Crippen LogP contribution in [0.3, 0.4) is 0 Å². The summed E-state index contributed by atoms with van der Waals surface area (Å²) in [5.74, 6) is -2.50. The number of amides is 1. The van der Waals surface area contributed by atoms with Crippen molar-refractivity contribution in [3.05, 3.63) is 29.8 Å². The monoisotopic (exact) mass is 369 g/mol. The third-order valence-corrected chi connectivity index (χ3v) is 4.24. The van der Waals surface area contributed by atoms with Crippen LogP contribution in [0.15, 0.2) is 24.3 Å². The molecule has 148 valence electrons. The highest BCUT2D eigenvalue weighted by Crippen LogP contribution is 2.35. The normalized spacial score (nSPS) is 11.4. The van der Waals surface area contributed by atoms with Gasteiger partial charge in [-0.1, -0.05) is 39.3 Å². The van der Waals surface area contributed by atoms with Gasteiger partial charge in [0.05, 0.1) is 6.61 Å². The molecule has 0 aromatic heterocycles. The largest absolute Gasteiger partial charge is 0.494 e. The number of alkyl halides is 2. The summed E-state index contributed by atoms with van der Waals surface area (Å²) in [5.41, 5.74) is -0.0436. The van der Waals surface area contributed by atoms with Crippen LogP contribution in [0.5, 0.6) is 5.75 Å². The highest BCUT2D eigenvalue weighted by molar-refractivity contribution is 5.76. The quantitative estimate of drug-likeness (QED) is 0.413. The van der Waals surface area contributed by atoms with Gasteiger partial charge in [0.1, 0.15) is 5.75 Å². The van der Waals surface area contributed by atoms with Crippen molar-refractivity contribution in [2.45, 2.75) is 71.6 Å². The van der Waals surface area contributed by atoms with E-state index in [1.54, 1.807) is 17.0 Å². The van der Waals surface area contributed by atoms with Crippen LogP contribution in [0.4, 0.5) is 8.78 Å². The number of rotatable bonds is 13. The van der Waals surface area contributed by atoms with E-state index >= 15 is 0 Å². The van der Waals surface area contributed by atoms with Crippen LogP contribution in [-0.4, -0.2) is 30.5 Å². The molecule has 0 radical (unpaired) electrons. The SMILES string of the molecule is CCCCOc1cccc(C(F)(F)CCCC(=O)N(CCC)CCC)c1. The molecule has 26 heavy (non-hydrogen) atoms. The summed E-state index contributed by atoms with van der Waals surface area (Å²) in [4.78, 5) is 14.0. The Morgan fingerprint density at radius 3 is 2.38 bits per heavy atom. The maximum absolute atomic E-state index is 14.5. The van der Waals surface area contributed by atoms with Crippen molar-refractivity contribution in [2.24, 2.45) is 0 Å². The number of unbranched alkanes of at least 4 members (excludes halogenated alkanes) is 1. The van der Waals surface area contributed by atoms with Crippen molar-refractivity contribution in [3.8, 4) is 5.75 Å². The third kappa shape index (κ3) is 7.71. The molecule has 0 aliphatic heterocycles. The summed E-state index contributed by atoms with van der Waals surface area (Å²) >= 11 is 0. The minimum absolute atomic E-state index is 0.0267. The number of hydrogen-bond donors (Lipinski definition) is 0. The first-order chi connectivity index (χ1) is 12.4. The first kappa shape index (κ1) is 22.4. The van der Waals surface area contributed by atoms with E-state index in [1.165, 1.54) is 12.1 Å². The van der Waals surface area contributed by atoms with E-state index in [1.807, 2.05) is 13.8 Å². The molecule has 0 saturated heterocycles. The molecule has 0 N–H and O–H groups in total. The van der Waals surface area contributed by atoms with E-state index in [-0.39, 0.29) is 30.7 Å². The molecular formula is C21H33F2NO2. The molecule has 3 nitrogen and oxygen atoms in total. The fourth-order valence-electron chi connectivity index (χ4n) is 2.81. The summed E-state index contributed by atoms with van der Waals surface area (Å²) < 4.78 is 34.5. The van der Waals surface area contributed by atoms with Crippen molar-refractivity contribution in [2.75, 3.05) is 19.7 Å². The first-order valence-electron chi connectivity index (χ1n) is 9.83. The van der Waals surface area contributed by atoms with Crippen LogP contribution in [0, 0.1) is 0 Å². The Hall–Kier alpha value is -1.65. The third-order valence-electron chi connectivity index (χ3n) is 4.24. The van der Waals surface area contributed by atoms with Crippen molar-refractivity contribution in [3.63, 3.8) is 0 Å². The van der Waals surface area contributed by atoms with E-state index in [2.05, 4.69) is 6.92 Å². The minimum Gasteiger partial charge on any atom is -0.494 e. The first-order valence-corrected chi connectivity index (χ1v) is 9.83. The molecule has 0 unspecified atom stereocenters. The van der Waals surface area contributed by atoms with Crippen LogP contribution in [-0.2, 0) is 10.7 Å². The molecule has 0 saturated carbocycles. The van der Waals surface area contributed by atoms with Crippen LogP contribution < -0.4 is 4.74 Å². The predicted octanol–water partition coefficient (Wildman–Crippen LogP) is 5.78. The summed E-state index contributed by atoms with van der Waals surface area (Å²) in [6, 6.07) is 6.14. The van der Waals surface area contributed by atoms with Gasteiger partial charge in [-0.3, -0.25) is 4.79 Å². The summed E-state index contributed by atoms with van der Waals surface area (Å²) in [7, 11) is 0. The standard InChI is InChI=1S/C21H33F2NO2/c1-4-7-16-26-19-11-8-10-18(17-19)21(22,23)13-9-12-20(25)24(14-5-2)15-6-3/h8,10-11,17H,4-7,9,12-16H2,1-3H3. The van der Waals surface area contributed by atoms with Gasteiger partial charge in [-0.2, -0.15) is 0 Å². The molecule has 0 aliphatic carbocycles. The van der Waals surface area contributed by atoms with Gasteiger partial charge in [-0.25, -0.2) is 8.78 Å². The second-order valence-corrected chi connectivity index (χ2v) is 6.67. The van der Waals surface area contributed by atoms with E-state index in [0.717, 1.165) is 25.7 Å². The second kappa shape index (κ2) is 11.9. The maximum Gasteiger partial charge on any atom is 0.273 e. The Labute approximate surface area is 156 Å². The average molecular weight is 369 g/mol. The smallest absolute Gasteiger partial charge is 0.273 e. The molecule has 0 fully saturated rings. The van der Waals surface area contributed by atoms with E-state index in [0.29, 0.717) is 25.4 Å². The maximum atomic E-state index is 14.5. The van der Waals surface area contributed by atoms with Gasteiger partial charge in [0.2, 0.25) is 5.91 Å². The summed E-state index contributed by atoms with van der Waals surface area (Å²) in [6.45, 7) is 8.00. The number of nitrogens with zero attached hydrogens (tertiary/aromatic N) is 1. The molecule has 0 aliphatic rings. The van der Waals surface area contributed by atoms with Gasteiger partial charge in [0.15, 0.2) is 0 Å². The summed E-state index contributed by atoms with van der Waals surface area (Å²) in [6.07, 6.45) is 3.67. The van der Waals surface area contributed by atoms with Crippen LogP contribution in [0.25, 0.3) is 0 Å². The molecule has 1 amide bonds. The fraction of sp³-hybridized carbons (Fsp3) is 0.667. The van der Waals surface area contributed by atoms with Crippen LogP contribution in [0.2, 0.25) is 0 Å². The number of ether oxygens (including phenoxy) is 1. The Morgan fingerprint density at radius 2 is 1.77 bits per heavy atom. The second-order valence-electron chi connectivity index (χ2n) is 6.67. The number of benzene rings is 1. The predicted molar refractivity (Wildman–Crippen MR) is 102 cm³/mol. The topological polar surface area (TPSA) is 29.5 Å². The number of hydrogen-bond acceptors (Lipinski definition) is 2. The lowest BCUT2D eigenvalue weighted by Gasteiger charge is -2.22. The van der Waals surface area contributed by atoms with Crippen molar-refractivity contribution in [1.82, 2.24) is 4.90 Å². The highest BCUT2D eigenvalue weighted by atomic mass is 19.3. The van der Waals surface area contributed by atoms with Crippen molar-refractivity contribution >= 4 is 5.91 Å². The van der Waals surface area contributed by atoms with Crippen molar-refractivity contribution in [1.29, 1.82) is 0 Å².